The Hall–Kier alpha value is -1.62. The maximum absolute atomic E-state index is 13.0. The van der Waals surface area contributed by atoms with Crippen LogP contribution in [0.15, 0.2) is 17.2 Å². The molecule has 0 spiro atoms. The number of hydrogen-bond acceptors (Lipinski definition) is 3. The minimum absolute atomic E-state index is 0.113. The van der Waals surface area contributed by atoms with Gasteiger partial charge in [0.25, 0.3) is 5.56 Å². The lowest BCUT2D eigenvalue weighted by Crippen LogP contribution is -2.26. The molecule has 0 unspecified atom stereocenters. The molecule has 0 radical (unpaired) electrons. The van der Waals surface area contributed by atoms with E-state index in [0.29, 0.717) is 5.92 Å². The molecule has 2 aromatic rings. The van der Waals surface area contributed by atoms with Gasteiger partial charge in [-0.25, -0.2) is 4.98 Å². The Balaban J connectivity index is 1.59. The fourth-order valence-corrected chi connectivity index (χ4v) is 4.55. The molecular weight excluding hydrogens is 314 g/mol. The summed E-state index contributed by atoms with van der Waals surface area (Å²) < 4.78 is 9.45. The topological polar surface area (TPSA) is 48.5 Å². The van der Waals surface area contributed by atoms with Crippen LogP contribution in [0.25, 0.3) is 5.52 Å². The highest BCUT2D eigenvalue weighted by molar-refractivity contribution is 5.45. The Morgan fingerprint density at radius 3 is 2.68 bits per heavy atom. The molecule has 5 heteroatoms. The van der Waals surface area contributed by atoms with Crippen LogP contribution in [0.3, 0.4) is 0 Å². The van der Waals surface area contributed by atoms with Crippen molar-refractivity contribution >= 4 is 5.52 Å². The van der Waals surface area contributed by atoms with Crippen LogP contribution in [0, 0.1) is 12.8 Å². The van der Waals surface area contributed by atoms with E-state index in [-0.39, 0.29) is 5.56 Å². The molecule has 4 rings (SSSR count). The Morgan fingerprint density at radius 2 is 1.92 bits per heavy atom. The molecule has 2 aromatic heterocycles. The van der Waals surface area contributed by atoms with E-state index in [2.05, 4.69) is 18.1 Å². The Bertz CT molecular complexity index is 780. The van der Waals surface area contributed by atoms with E-state index >= 15 is 0 Å². The molecule has 25 heavy (non-hydrogen) atoms. The number of aromatic nitrogens is 3. The highest BCUT2D eigenvalue weighted by Crippen LogP contribution is 2.28. The summed E-state index contributed by atoms with van der Waals surface area (Å²) in [6, 6.07) is 0. The van der Waals surface area contributed by atoms with Gasteiger partial charge in [0.2, 0.25) is 0 Å². The number of imidazole rings is 1. The Morgan fingerprint density at radius 1 is 1.16 bits per heavy atom. The molecule has 1 saturated carbocycles. The lowest BCUT2D eigenvalue weighted by Gasteiger charge is -2.23. The summed E-state index contributed by atoms with van der Waals surface area (Å²) in [5, 5.41) is 0. The molecule has 3 heterocycles. The molecule has 5 nitrogen and oxygen atoms in total. The number of ether oxygens (including phenoxy) is 1. The first kappa shape index (κ1) is 16.8. The highest BCUT2D eigenvalue weighted by atomic mass is 16.5. The van der Waals surface area contributed by atoms with Gasteiger partial charge in [0.1, 0.15) is 11.3 Å². The summed E-state index contributed by atoms with van der Waals surface area (Å²) >= 11 is 0. The monoisotopic (exact) mass is 343 g/mol. The molecule has 0 atom stereocenters. The second kappa shape index (κ2) is 7.32. The minimum Gasteiger partial charge on any atom is -0.381 e. The van der Waals surface area contributed by atoms with Crippen LogP contribution in [0.2, 0.25) is 0 Å². The van der Waals surface area contributed by atoms with E-state index in [9.17, 15) is 4.79 Å². The Kier molecular flexibility index (Phi) is 4.93. The lowest BCUT2D eigenvalue weighted by atomic mass is 9.87. The van der Waals surface area contributed by atoms with Gasteiger partial charge in [-0.3, -0.25) is 9.20 Å². The summed E-state index contributed by atoms with van der Waals surface area (Å²) in [5.41, 5.74) is 1.87. The molecule has 1 aliphatic carbocycles. The van der Waals surface area contributed by atoms with Crippen molar-refractivity contribution < 1.29 is 4.74 Å². The molecule has 0 aromatic carbocycles. The van der Waals surface area contributed by atoms with Crippen LogP contribution in [-0.2, 0) is 11.3 Å². The normalized spacial score (nSPS) is 20.4. The first-order chi connectivity index (χ1) is 12.2. The average molecular weight is 343 g/mol. The van der Waals surface area contributed by atoms with Crippen molar-refractivity contribution in [1.29, 1.82) is 0 Å². The van der Waals surface area contributed by atoms with Crippen molar-refractivity contribution in [1.82, 2.24) is 14.0 Å². The fraction of sp³-hybridized carbons (Fsp3) is 0.700. The van der Waals surface area contributed by atoms with Gasteiger partial charge in [0, 0.05) is 37.6 Å². The van der Waals surface area contributed by atoms with Crippen molar-refractivity contribution in [2.24, 2.45) is 5.92 Å². The zero-order valence-electron chi connectivity index (χ0n) is 15.2. The number of rotatable bonds is 4. The standard InChI is InChI=1S/C20H29N3O2/c1-15-14-23-18(13-21-19(23)17-8-11-25-12-9-17)20(24)22(15)10-7-16-5-3-2-4-6-16/h13-14,16-17H,2-12H2,1H3. The van der Waals surface area contributed by atoms with E-state index < -0.39 is 0 Å². The third kappa shape index (κ3) is 3.39. The third-order valence-corrected chi connectivity index (χ3v) is 6.10. The molecule has 0 bridgehead atoms. The molecule has 136 valence electrons. The number of fused-ring (bicyclic) bond motifs is 1. The van der Waals surface area contributed by atoms with Crippen molar-refractivity contribution in [3.8, 4) is 0 Å². The summed E-state index contributed by atoms with van der Waals surface area (Å²) in [5.74, 6) is 2.21. The zero-order chi connectivity index (χ0) is 17.2. The smallest absolute Gasteiger partial charge is 0.276 e. The van der Waals surface area contributed by atoms with Gasteiger partial charge in [-0.2, -0.15) is 0 Å². The zero-order valence-corrected chi connectivity index (χ0v) is 15.2. The molecule has 0 N–H and O–H groups in total. The SMILES string of the molecule is Cc1cn2c(C3CCOCC3)ncc2c(=O)n1CCC1CCCCC1. The predicted molar refractivity (Wildman–Crippen MR) is 98.2 cm³/mol. The third-order valence-electron chi connectivity index (χ3n) is 6.10. The van der Waals surface area contributed by atoms with E-state index in [1.165, 1.54) is 32.1 Å². The predicted octanol–water partition coefficient (Wildman–Crippen LogP) is 3.67. The number of nitrogens with zero attached hydrogens (tertiary/aromatic N) is 3. The van der Waals surface area contributed by atoms with Crippen LogP contribution in [0.5, 0.6) is 0 Å². The second-order valence-corrected chi connectivity index (χ2v) is 7.78. The van der Waals surface area contributed by atoms with E-state index in [1.54, 1.807) is 6.20 Å². The lowest BCUT2D eigenvalue weighted by molar-refractivity contribution is 0.0835. The summed E-state index contributed by atoms with van der Waals surface area (Å²) in [7, 11) is 0. The van der Waals surface area contributed by atoms with Gasteiger partial charge < -0.3 is 9.30 Å². The number of hydrogen-bond donors (Lipinski definition) is 0. The van der Waals surface area contributed by atoms with Crippen molar-refractivity contribution in [3.05, 3.63) is 34.3 Å². The molecule has 1 aliphatic heterocycles. The van der Waals surface area contributed by atoms with Gasteiger partial charge in [0.15, 0.2) is 0 Å². The van der Waals surface area contributed by atoms with Crippen LogP contribution in [0.1, 0.15) is 68.8 Å². The first-order valence-electron chi connectivity index (χ1n) is 9.89. The van der Waals surface area contributed by atoms with Crippen LogP contribution >= 0.6 is 0 Å². The molecular formula is C20H29N3O2. The molecule has 0 amide bonds. The quantitative estimate of drug-likeness (QED) is 0.851. The molecule has 2 fully saturated rings. The summed E-state index contributed by atoms with van der Waals surface area (Å²) in [6.45, 7) is 4.47. The van der Waals surface area contributed by atoms with Gasteiger partial charge in [-0.05, 0) is 32.1 Å². The van der Waals surface area contributed by atoms with Gasteiger partial charge in [-0.15, -0.1) is 0 Å². The van der Waals surface area contributed by atoms with Crippen LogP contribution in [-0.4, -0.2) is 27.2 Å². The van der Waals surface area contributed by atoms with E-state index in [0.717, 1.165) is 62.0 Å². The first-order valence-corrected chi connectivity index (χ1v) is 9.89. The minimum atomic E-state index is 0.113. The van der Waals surface area contributed by atoms with Gasteiger partial charge >= 0.3 is 0 Å². The maximum Gasteiger partial charge on any atom is 0.276 e. The Labute approximate surface area is 149 Å². The number of aryl methyl sites for hydroxylation is 1. The molecule has 2 aliphatic rings. The van der Waals surface area contributed by atoms with Crippen LogP contribution in [0.4, 0.5) is 0 Å². The fourth-order valence-electron chi connectivity index (χ4n) is 4.55. The maximum atomic E-state index is 13.0. The van der Waals surface area contributed by atoms with Crippen molar-refractivity contribution in [2.45, 2.75) is 70.8 Å². The van der Waals surface area contributed by atoms with E-state index in [1.807, 2.05) is 8.97 Å². The van der Waals surface area contributed by atoms with Crippen molar-refractivity contribution in [3.63, 3.8) is 0 Å². The summed E-state index contributed by atoms with van der Waals surface area (Å²) in [6.07, 6.45) is 13.7. The average Bonchev–Trinajstić information content (AvgIpc) is 3.07. The van der Waals surface area contributed by atoms with Gasteiger partial charge in [-0.1, -0.05) is 32.1 Å². The second-order valence-electron chi connectivity index (χ2n) is 7.78. The summed E-state index contributed by atoms with van der Waals surface area (Å²) in [4.78, 5) is 17.6. The molecule has 1 saturated heterocycles. The highest BCUT2D eigenvalue weighted by Gasteiger charge is 2.22. The van der Waals surface area contributed by atoms with Gasteiger partial charge in [0.05, 0.1) is 6.20 Å². The van der Waals surface area contributed by atoms with E-state index in [4.69, 9.17) is 4.74 Å². The van der Waals surface area contributed by atoms with Crippen LogP contribution < -0.4 is 5.56 Å². The largest absolute Gasteiger partial charge is 0.381 e. The van der Waals surface area contributed by atoms with Crippen molar-refractivity contribution in [2.75, 3.05) is 13.2 Å².